The molecular weight excluding hydrogens is 294 g/mol. The predicted molar refractivity (Wildman–Crippen MR) is 85.9 cm³/mol. The average molecular weight is 315 g/mol. The first-order valence-corrected chi connectivity index (χ1v) is 7.88. The molecule has 2 heterocycles. The molecule has 0 spiro atoms. The summed E-state index contributed by atoms with van der Waals surface area (Å²) in [5, 5.41) is 12.5. The van der Waals surface area contributed by atoms with Gasteiger partial charge < -0.3 is 19.7 Å². The molecule has 1 unspecified atom stereocenters. The number of aromatic nitrogens is 2. The van der Waals surface area contributed by atoms with Gasteiger partial charge in [0.1, 0.15) is 11.6 Å². The second-order valence-corrected chi connectivity index (χ2v) is 5.62. The van der Waals surface area contributed by atoms with Crippen molar-refractivity contribution >= 4 is 5.91 Å². The minimum Gasteiger partial charge on any atom is -0.494 e. The summed E-state index contributed by atoms with van der Waals surface area (Å²) in [7, 11) is 0. The third-order valence-electron chi connectivity index (χ3n) is 4.01. The van der Waals surface area contributed by atoms with Gasteiger partial charge in [0, 0.05) is 42.5 Å². The summed E-state index contributed by atoms with van der Waals surface area (Å²) < 4.78 is 7.55. The molecule has 3 rings (SSSR count). The van der Waals surface area contributed by atoms with Gasteiger partial charge in [0.2, 0.25) is 5.91 Å². The minimum atomic E-state index is -0.0808. The van der Waals surface area contributed by atoms with E-state index in [1.807, 2.05) is 35.9 Å². The fourth-order valence-corrected chi connectivity index (χ4v) is 2.91. The lowest BCUT2D eigenvalue weighted by Crippen LogP contribution is -2.29. The summed E-state index contributed by atoms with van der Waals surface area (Å²) in [4.78, 5) is 15.8. The van der Waals surface area contributed by atoms with Gasteiger partial charge in [0.25, 0.3) is 0 Å². The first-order chi connectivity index (χ1) is 11.2. The molecule has 0 radical (unpaired) electrons. The lowest BCUT2D eigenvalue weighted by Gasteiger charge is -2.15. The van der Waals surface area contributed by atoms with Crippen LogP contribution >= 0.6 is 0 Å². The number of benzene rings is 1. The molecule has 0 aliphatic carbocycles. The molecule has 2 N–H and O–H groups in total. The molecule has 2 aromatic rings. The highest BCUT2D eigenvalue weighted by molar-refractivity contribution is 5.78. The Morgan fingerprint density at radius 2 is 2.35 bits per heavy atom. The van der Waals surface area contributed by atoms with Crippen LogP contribution in [-0.4, -0.2) is 33.2 Å². The molecule has 1 fully saturated rings. The number of carbonyl (C=O) groups is 1. The molecule has 1 aromatic carbocycles. The normalized spacial score (nSPS) is 17.3. The van der Waals surface area contributed by atoms with Crippen molar-refractivity contribution in [2.75, 3.05) is 6.61 Å². The van der Waals surface area contributed by atoms with Gasteiger partial charge >= 0.3 is 0 Å². The van der Waals surface area contributed by atoms with E-state index in [9.17, 15) is 9.90 Å². The molecule has 1 aromatic heterocycles. The Kier molecular flexibility index (Phi) is 4.62. The molecule has 0 saturated carbocycles. The smallest absolute Gasteiger partial charge is 0.220 e. The van der Waals surface area contributed by atoms with Gasteiger partial charge in [-0.25, -0.2) is 4.98 Å². The van der Waals surface area contributed by atoms with Crippen molar-refractivity contribution in [2.45, 2.75) is 39.0 Å². The number of amides is 1. The van der Waals surface area contributed by atoms with Crippen LogP contribution in [0.5, 0.6) is 5.75 Å². The van der Waals surface area contributed by atoms with E-state index in [4.69, 9.17) is 4.74 Å². The number of nitrogens with one attached hydrogen (secondary N) is 1. The molecule has 1 atom stereocenters. The van der Waals surface area contributed by atoms with Crippen molar-refractivity contribution in [3.63, 3.8) is 0 Å². The molecule has 1 aliphatic heterocycles. The third kappa shape index (κ3) is 3.37. The maximum atomic E-state index is 11.3. The number of aliphatic hydroxyl groups is 1. The van der Waals surface area contributed by atoms with Crippen LogP contribution in [0.15, 0.2) is 30.6 Å². The average Bonchev–Trinajstić information content (AvgIpc) is 3.17. The van der Waals surface area contributed by atoms with Gasteiger partial charge in [-0.1, -0.05) is 0 Å². The predicted octanol–water partition coefficient (Wildman–Crippen LogP) is 1.72. The first-order valence-electron chi connectivity index (χ1n) is 7.88. The summed E-state index contributed by atoms with van der Waals surface area (Å²) in [5.74, 6) is 1.63. The van der Waals surface area contributed by atoms with Crippen LogP contribution < -0.4 is 10.1 Å². The summed E-state index contributed by atoms with van der Waals surface area (Å²) in [5.41, 5.74) is 1.67. The summed E-state index contributed by atoms with van der Waals surface area (Å²) in [6.07, 6.45) is 5.10. The SMILES string of the molecule is CCOc1ccc(-c2nccn2CC2CCC(=O)N2)cc1CO. The monoisotopic (exact) mass is 315 g/mol. The highest BCUT2D eigenvalue weighted by atomic mass is 16.5. The van der Waals surface area contributed by atoms with Crippen LogP contribution in [0.25, 0.3) is 11.4 Å². The topological polar surface area (TPSA) is 76.4 Å². The van der Waals surface area contributed by atoms with Crippen molar-refractivity contribution < 1.29 is 14.6 Å². The molecule has 6 heteroatoms. The van der Waals surface area contributed by atoms with Gasteiger partial charge in [-0.2, -0.15) is 0 Å². The Morgan fingerprint density at radius 1 is 1.48 bits per heavy atom. The molecule has 23 heavy (non-hydrogen) atoms. The Labute approximate surface area is 135 Å². The lowest BCUT2D eigenvalue weighted by molar-refractivity contribution is -0.119. The zero-order valence-corrected chi connectivity index (χ0v) is 13.2. The number of nitrogens with zero attached hydrogens (tertiary/aromatic N) is 2. The molecule has 1 amide bonds. The number of aliphatic hydroxyl groups excluding tert-OH is 1. The zero-order valence-electron chi connectivity index (χ0n) is 13.2. The molecule has 122 valence electrons. The van der Waals surface area contributed by atoms with Crippen LogP contribution in [0, 0.1) is 0 Å². The van der Waals surface area contributed by atoms with E-state index in [2.05, 4.69) is 10.3 Å². The highest BCUT2D eigenvalue weighted by Gasteiger charge is 2.22. The highest BCUT2D eigenvalue weighted by Crippen LogP contribution is 2.26. The maximum absolute atomic E-state index is 11.3. The van der Waals surface area contributed by atoms with Gasteiger partial charge in [0.05, 0.1) is 13.2 Å². The number of carbonyl (C=O) groups excluding carboxylic acids is 1. The number of hydrogen-bond acceptors (Lipinski definition) is 4. The van der Waals surface area contributed by atoms with E-state index >= 15 is 0 Å². The van der Waals surface area contributed by atoms with Gasteiger partial charge in [-0.05, 0) is 31.5 Å². The van der Waals surface area contributed by atoms with Crippen LogP contribution in [0.2, 0.25) is 0 Å². The van der Waals surface area contributed by atoms with Crippen LogP contribution in [0.1, 0.15) is 25.3 Å². The van der Waals surface area contributed by atoms with E-state index in [0.717, 1.165) is 23.4 Å². The number of hydrogen-bond donors (Lipinski definition) is 2. The van der Waals surface area contributed by atoms with Crippen molar-refractivity contribution in [3.8, 4) is 17.1 Å². The van der Waals surface area contributed by atoms with Crippen molar-refractivity contribution in [3.05, 3.63) is 36.2 Å². The summed E-state index contributed by atoms with van der Waals surface area (Å²) in [6.45, 7) is 3.09. The quantitative estimate of drug-likeness (QED) is 0.851. The van der Waals surface area contributed by atoms with Gasteiger partial charge in [-0.3, -0.25) is 4.79 Å². The number of ether oxygens (including phenoxy) is 1. The molecular formula is C17H21N3O3. The Hall–Kier alpha value is -2.34. The lowest BCUT2D eigenvalue weighted by atomic mass is 10.1. The molecule has 0 bridgehead atoms. The van der Waals surface area contributed by atoms with Gasteiger partial charge in [-0.15, -0.1) is 0 Å². The largest absolute Gasteiger partial charge is 0.494 e. The molecule has 6 nitrogen and oxygen atoms in total. The Balaban J connectivity index is 1.84. The minimum absolute atomic E-state index is 0.0808. The second-order valence-electron chi connectivity index (χ2n) is 5.62. The van der Waals surface area contributed by atoms with E-state index in [1.54, 1.807) is 6.20 Å². The Bertz CT molecular complexity index is 696. The van der Waals surface area contributed by atoms with Crippen molar-refractivity contribution in [1.82, 2.24) is 14.9 Å². The third-order valence-corrected chi connectivity index (χ3v) is 4.01. The number of rotatable bonds is 6. The standard InChI is InChI=1S/C17H21N3O3/c1-2-23-15-5-3-12(9-13(15)11-21)17-18-7-8-20(17)10-14-4-6-16(22)19-14/h3,5,7-9,14,21H,2,4,6,10-11H2,1H3,(H,19,22). The summed E-state index contributed by atoms with van der Waals surface area (Å²) in [6, 6.07) is 5.85. The van der Waals surface area contributed by atoms with E-state index in [0.29, 0.717) is 25.3 Å². The second kappa shape index (κ2) is 6.83. The summed E-state index contributed by atoms with van der Waals surface area (Å²) >= 11 is 0. The van der Waals surface area contributed by atoms with E-state index in [-0.39, 0.29) is 18.6 Å². The zero-order chi connectivity index (χ0) is 16.2. The number of imidazole rings is 1. The van der Waals surface area contributed by atoms with E-state index in [1.165, 1.54) is 0 Å². The van der Waals surface area contributed by atoms with Crippen molar-refractivity contribution in [2.24, 2.45) is 0 Å². The first kappa shape index (κ1) is 15.6. The molecule has 1 saturated heterocycles. The Morgan fingerprint density at radius 3 is 3.04 bits per heavy atom. The fourth-order valence-electron chi connectivity index (χ4n) is 2.91. The van der Waals surface area contributed by atoms with Gasteiger partial charge in [0.15, 0.2) is 0 Å². The van der Waals surface area contributed by atoms with Crippen LogP contribution in [0.4, 0.5) is 0 Å². The van der Waals surface area contributed by atoms with Crippen LogP contribution in [0.3, 0.4) is 0 Å². The van der Waals surface area contributed by atoms with Crippen molar-refractivity contribution in [1.29, 1.82) is 0 Å². The molecule has 1 aliphatic rings. The van der Waals surface area contributed by atoms with Crippen LogP contribution in [-0.2, 0) is 17.9 Å². The van der Waals surface area contributed by atoms with E-state index < -0.39 is 0 Å². The fraction of sp³-hybridized carbons (Fsp3) is 0.412. The maximum Gasteiger partial charge on any atom is 0.220 e.